The van der Waals surface area contributed by atoms with Crippen molar-refractivity contribution >= 4 is 29.1 Å². The third kappa shape index (κ3) is 5.56. The molecule has 138 valence electrons. The number of aryl methyl sites for hydroxylation is 1. The molecule has 6 heteroatoms. The minimum Gasteiger partial charge on any atom is -0.383 e. The van der Waals surface area contributed by atoms with Crippen molar-refractivity contribution in [2.24, 2.45) is 4.99 Å². The molecule has 1 aromatic carbocycles. The second-order valence-corrected chi connectivity index (χ2v) is 7.16. The molecule has 0 bridgehead atoms. The van der Waals surface area contributed by atoms with Gasteiger partial charge in [0.1, 0.15) is 0 Å². The van der Waals surface area contributed by atoms with Crippen LogP contribution in [0.4, 0.5) is 5.69 Å². The van der Waals surface area contributed by atoms with Crippen LogP contribution < -0.4 is 10.6 Å². The van der Waals surface area contributed by atoms with Crippen molar-refractivity contribution in [3.63, 3.8) is 0 Å². The largest absolute Gasteiger partial charge is 0.383 e. The topological polar surface area (TPSA) is 66.4 Å². The lowest BCUT2D eigenvalue weighted by atomic mass is 10.1. The summed E-state index contributed by atoms with van der Waals surface area (Å²) in [6.45, 7) is 3.98. The number of carbonyl (C=O) groups is 1. The lowest BCUT2D eigenvalue weighted by molar-refractivity contribution is 0.102. The lowest BCUT2D eigenvalue weighted by Crippen LogP contribution is -2.14. The summed E-state index contributed by atoms with van der Waals surface area (Å²) in [5.74, 6) is 0.764. The standard InChI is InChI=1S/C21H22N4OS/c1-15-10-18(13-22-12-15)21(26)25-19-5-3-4-17(11-19)16(2)23-7-8-24-20-6-9-27-14-20/h3-13,16,23H,14H2,1-2H3,(H,25,26). The number of aromatic nitrogens is 1. The number of thioether (sulfide) groups is 1. The maximum Gasteiger partial charge on any atom is 0.257 e. The fourth-order valence-electron chi connectivity index (χ4n) is 2.57. The number of benzene rings is 1. The van der Waals surface area contributed by atoms with Gasteiger partial charge in [-0.25, -0.2) is 0 Å². The fourth-order valence-corrected chi connectivity index (χ4v) is 3.26. The van der Waals surface area contributed by atoms with E-state index in [1.165, 1.54) is 0 Å². The summed E-state index contributed by atoms with van der Waals surface area (Å²) in [5, 5.41) is 8.28. The van der Waals surface area contributed by atoms with Gasteiger partial charge in [0, 0.05) is 42.3 Å². The number of anilines is 1. The van der Waals surface area contributed by atoms with Gasteiger partial charge in [-0.1, -0.05) is 12.1 Å². The van der Waals surface area contributed by atoms with Gasteiger partial charge in [0.05, 0.1) is 11.3 Å². The first-order valence-corrected chi connectivity index (χ1v) is 9.75. The zero-order valence-corrected chi connectivity index (χ0v) is 16.2. The van der Waals surface area contributed by atoms with Crippen LogP contribution in [-0.2, 0) is 0 Å². The highest BCUT2D eigenvalue weighted by atomic mass is 32.2. The fraction of sp³-hybridized carbons (Fsp3) is 0.190. The minimum absolute atomic E-state index is 0.0902. The first-order valence-electron chi connectivity index (χ1n) is 8.71. The van der Waals surface area contributed by atoms with Crippen molar-refractivity contribution in [1.82, 2.24) is 10.3 Å². The molecule has 2 aromatic rings. The molecule has 1 atom stereocenters. The van der Waals surface area contributed by atoms with Gasteiger partial charge < -0.3 is 10.6 Å². The predicted molar refractivity (Wildman–Crippen MR) is 113 cm³/mol. The summed E-state index contributed by atoms with van der Waals surface area (Å²) in [6.07, 6.45) is 8.94. The number of allylic oxidation sites excluding steroid dienone is 1. The van der Waals surface area contributed by atoms with Crippen LogP contribution in [0.2, 0.25) is 0 Å². The van der Waals surface area contributed by atoms with Crippen molar-refractivity contribution in [1.29, 1.82) is 0 Å². The SMILES string of the molecule is Cc1cncc(C(=O)Nc2cccc(C(C)NC=CN=C3C=CSC3)c2)c1. The zero-order chi connectivity index (χ0) is 19.1. The van der Waals surface area contributed by atoms with Crippen LogP contribution in [0.3, 0.4) is 0 Å². The number of nitrogens with one attached hydrogen (secondary N) is 2. The Kier molecular flexibility index (Phi) is 6.44. The number of hydrogen-bond donors (Lipinski definition) is 2. The Bertz CT molecular complexity index is 905. The Morgan fingerprint density at radius 1 is 1.33 bits per heavy atom. The summed E-state index contributed by atoms with van der Waals surface area (Å²) in [4.78, 5) is 20.8. The van der Waals surface area contributed by atoms with Gasteiger partial charge in [0.2, 0.25) is 0 Å². The molecule has 0 fully saturated rings. The molecule has 2 heterocycles. The van der Waals surface area contributed by atoms with E-state index < -0.39 is 0 Å². The predicted octanol–water partition coefficient (Wildman–Crippen LogP) is 4.47. The number of carbonyl (C=O) groups excluding carboxylic acids is 1. The second kappa shape index (κ2) is 9.19. The van der Waals surface area contributed by atoms with Gasteiger partial charge in [-0.15, -0.1) is 11.8 Å². The number of hydrogen-bond acceptors (Lipinski definition) is 5. The summed E-state index contributed by atoms with van der Waals surface area (Å²) >= 11 is 1.74. The molecule has 1 aliphatic heterocycles. The van der Waals surface area contributed by atoms with E-state index >= 15 is 0 Å². The molecule has 3 rings (SSSR count). The van der Waals surface area contributed by atoms with E-state index in [0.717, 1.165) is 28.3 Å². The molecule has 27 heavy (non-hydrogen) atoms. The van der Waals surface area contributed by atoms with E-state index in [0.29, 0.717) is 5.56 Å². The Hall–Kier alpha value is -2.86. The van der Waals surface area contributed by atoms with Gasteiger partial charge >= 0.3 is 0 Å². The first kappa shape index (κ1) is 18.9. The maximum atomic E-state index is 12.4. The molecular weight excluding hydrogens is 356 g/mol. The molecule has 0 aliphatic carbocycles. The third-order valence-corrected chi connectivity index (χ3v) is 4.82. The van der Waals surface area contributed by atoms with Crippen LogP contribution in [0.15, 0.2) is 71.6 Å². The molecule has 0 radical (unpaired) electrons. The van der Waals surface area contributed by atoms with E-state index in [1.807, 2.05) is 49.5 Å². The highest BCUT2D eigenvalue weighted by molar-refractivity contribution is 8.03. The van der Waals surface area contributed by atoms with Crippen molar-refractivity contribution in [3.8, 4) is 0 Å². The second-order valence-electron chi connectivity index (χ2n) is 6.27. The quantitative estimate of drug-likeness (QED) is 0.778. The molecular formula is C21H22N4OS. The lowest BCUT2D eigenvalue weighted by Gasteiger charge is -2.14. The molecule has 5 nitrogen and oxygen atoms in total. The van der Waals surface area contributed by atoms with Crippen molar-refractivity contribution in [3.05, 3.63) is 83.3 Å². The normalized spacial score (nSPS) is 16.0. The molecule has 2 N–H and O–H groups in total. The Morgan fingerprint density at radius 3 is 3.00 bits per heavy atom. The van der Waals surface area contributed by atoms with Gasteiger partial charge in [0.15, 0.2) is 0 Å². The Labute approximate surface area is 163 Å². The monoisotopic (exact) mass is 378 g/mol. The van der Waals surface area contributed by atoms with Crippen LogP contribution in [0.1, 0.15) is 34.5 Å². The number of aliphatic imine (C=N–C) groups is 1. The average Bonchev–Trinajstić information content (AvgIpc) is 3.19. The highest BCUT2D eigenvalue weighted by Gasteiger charge is 2.09. The highest BCUT2D eigenvalue weighted by Crippen LogP contribution is 2.18. The van der Waals surface area contributed by atoms with Gasteiger partial charge in [-0.05, 0) is 54.7 Å². The molecule has 0 saturated carbocycles. The summed E-state index contributed by atoms with van der Waals surface area (Å²) in [5.41, 5.74) is 4.40. The zero-order valence-electron chi connectivity index (χ0n) is 15.3. The van der Waals surface area contributed by atoms with E-state index in [-0.39, 0.29) is 11.9 Å². The molecule has 1 aliphatic rings. The number of pyridine rings is 1. The van der Waals surface area contributed by atoms with Crippen molar-refractivity contribution < 1.29 is 4.79 Å². The number of nitrogens with zero attached hydrogens (tertiary/aromatic N) is 2. The van der Waals surface area contributed by atoms with Crippen LogP contribution in [0.25, 0.3) is 0 Å². The van der Waals surface area contributed by atoms with E-state index in [1.54, 1.807) is 30.4 Å². The molecule has 0 spiro atoms. The van der Waals surface area contributed by atoms with Crippen LogP contribution in [0, 0.1) is 6.92 Å². The van der Waals surface area contributed by atoms with Crippen molar-refractivity contribution in [2.45, 2.75) is 19.9 Å². The van der Waals surface area contributed by atoms with Crippen molar-refractivity contribution in [2.75, 3.05) is 11.1 Å². The van der Waals surface area contributed by atoms with Gasteiger partial charge in [0.25, 0.3) is 5.91 Å². The molecule has 0 saturated heterocycles. The molecule has 1 unspecified atom stereocenters. The van der Waals surface area contributed by atoms with Crippen LogP contribution in [0.5, 0.6) is 0 Å². The third-order valence-electron chi connectivity index (χ3n) is 4.03. The minimum atomic E-state index is -0.165. The van der Waals surface area contributed by atoms with Gasteiger partial charge in [-0.2, -0.15) is 0 Å². The van der Waals surface area contributed by atoms with E-state index in [4.69, 9.17) is 0 Å². The van der Waals surface area contributed by atoms with Gasteiger partial charge in [-0.3, -0.25) is 14.8 Å². The average molecular weight is 379 g/mol. The molecule has 1 aromatic heterocycles. The molecule has 1 amide bonds. The van der Waals surface area contributed by atoms with E-state index in [9.17, 15) is 4.79 Å². The van der Waals surface area contributed by atoms with Crippen LogP contribution in [-0.4, -0.2) is 22.4 Å². The number of amides is 1. The smallest absolute Gasteiger partial charge is 0.257 e. The van der Waals surface area contributed by atoms with E-state index in [2.05, 4.69) is 32.9 Å². The maximum absolute atomic E-state index is 12.4. The summed E-state index contributed by atoms with van der Waals surface area (Å²) in [6, 6.07) is 9.71. The summed E-state index contributed by atoms with van der Waals surface area (Å²) in [7, 11) is 0. The summed E-state index contributed by atoms with van der Waals surface area (Å²) < 4.78 is 0. The van der Waals surface area contributed by atoms with Crippen LogP contribution >= 0.6 is 11.8 Å². The Balaban J connectivity index is 1.60. The Morgan fingerprint density at radius 2 is 2.22 bits per heavy atom. The number of rotatable bonds is 6. The first-order chi connectivity index (χ1) is 13.1.